The molecule has 4 heterocycles. The Kier molecular flexibility index (Phi) is 6.49. The summed E-state index contributed by atoms with van der Waals surface area (Å²) in [5.41, 5.74) is 1.82. The number of nitrogens with one attached hydrogen (secondary N) is 1. The lowest BCUT2D eigenvalue weighted by Crippen LogP contribution is -2.43. The van der Waals surface area contributed by atoms with Crippen LogP contribution in [0, 0.1) is 19.7 Å². The predicted octanol–water partition coefficient (Wildman–Crippen LogP) is 4.30. The van der Waals surface area contributed by atoms with Gasteiger partial charge in [-0.3, -0.25) is 14.4 Å². The second-order valence-electron chi connectivity index (χ2n) is 8.52. The summed E-state index contributed by atoms with van der Waals surface area (Å²) >= 11 is 1.42. The van der Waals surface area contributed by atoms with Crippen LogP contribution in [0.5, 0.6) is 0 Å². The number of carbonyl (C=O) groups excluding carboxylic acids is 1. The molecule has 1 fully saturated rings. The normalized spacial score (nSPS) is 15.6. The Labute approximate surface area is 201 Å². The number of aromatic nitrogens is 2. The zero-order valence-corrected chi connectivity index (χ0v) is 20.0. The van der Waals surface area contributed by atoms with Gasteiger partial charge in [-0.15, -0.1) is 11.3 Å². The fourth-order valence-corrected chi connectivity index (χ4v) is 5.38. The molecule has 1 amide bonds. The van der Waals surface area contributed by atoms with E-state index < -0.39 is 0 Å². The van der Waals surface area contributed by atoms with Gasteiger partial charge in [0.1, 0.15) is 22.2 Å². The van der Waals surface area contributed by atoms with Crippen molar-refractivity contribution in [3.63, 3.8) is 0 Å². The number of morpholine rings is 1. The number of halogens is 1. The number of rotatable bonds is 7. The van der Waals surface area contributed by atoms with Crippen LogP contribution >= 0.6 is 11.3 Å². The third-order valence-corrected chi connectivity index (χ3v) is 7.26. The van der Waals surface area contributed by atoms with E-state index in [1.165, 1.54) is 23.5 Å². The summed E-state index contributed by atoms with van der Waals surface area (Å²) in [5.74, 6) is 1.32. The van der Waals surface area contributed by atoms with Crippen molar-refractivity contribution in [1.29, 1.82) is 0 Å². The molecule has 1 aliphatic rings. The van der Waals surface area contributed by atoms with Crippen LogP contribution in [-0.2, 0) is 11.3 Å². The molecule has 1 saturated heterocycles. The second kappa shape index (κ2) is 9.69. The first-order valence-corrected chi connectivity index (χ1v) is 12.2. The SMILES string of the molecule is Cc1ccc([C@H](CNC(=O)c2cc3c(C)nn(Cc4ccc(F)cc4)c3s2)N2CCOCC2)o1. The van der Waals surface area contributed by atoms with Crippen LogP contribution in [0.3, 0.4) is 0 Å². The molecule has 0 aliphatic carbocycles. The molecule has 34 heavy (non-hydrogen) atoms. The summed E-state index contributed by atoms with van der Waals surface area (Å²) in [7, 11) is 0. The van der Waals surface area contributed by atoms with Crippen molar-refractivity contribution in [3.05, 3.63) is 75.9 Å². The number of carbonyl (C=O) groups is 1. The zero-order valence-electron chi connectivity index (χ0n) is 19.2. The van der Waals surface area contributed by atoms with Crippen LogP contribution < -0.4 is 5.32 Å². The standard InChI is InChI=1S/C25H27FN4O3S/c1-16-3-8-22(33-16)21(29-9-11-32-12-10-29)14-27-24(31)23-13-20-17(2)28-30(25(20)34-23)15-18-4-6-19(26)7-5-18/h3-8,13,21H,9-12,14-15H2,1-2H3,(H,27,31)/t21-/m0/s1. The molecule has 1 atom stereocenters. The van der Waals surface area contributed by atoms with Crippen molar-refractivity contribution in [2.75, 3.05) is 32.8 Å². The third-order valence-electron chi connectivity index (χ3n) is 6.11. The smallest absolute Gasteiger partial charge is 0.261 e. The molecule has 7 nitrogen and oxygen atoms in total. The maximum atomic E-state index is 13.3. The molecule has 0 bridgehead atoms. The summed E-state index contributed by atoms with van der Waals surface area (Å²) in [6.45, 7) is 7.75. The van der Waals surface area contributed by atoms with Crippen LogP contribution in [0.25, 0.3) is 10.2 Å². The van der Waals surface area contributed by atoms with Crippen molar-refractivity contribution >= 4 is 27.5 Å². The molecule has 0 spiro atoms. The monoisotopic (exact) mass is 482 g/mol. The number of hydrogen-bond donors (Lipinski definition) is 1. The average molecular weight is 483 g/mol. The number of ether oxygens (including phenoxy) is 1. The Hall–Kier alpha value is -3.01. The molecule has 1 aliphatic heterocycles. The van der Waals surface area contributed by atoms with E-state index in [0.29, 0.717) is 31.2 Å². The third kappa shape index (κ3) is 4.77. The van der Waals surface area contributed by atoms with E-state index in [1.807, 2.05) is 36.7 Å². The van der Waals surface area contributed by atoms with Gasteiger partial charge in [-0.2, -0.15) is 5.10 Å². The summed E-state index contributed by atoms with van der Waals surface area (Å²) in [5, 5.41) is 8.69. The highest BCUT2D eigenvalue weighted by atomic mass is 32.1. The number of nitrogens with zero attached hydrogens (tertiary/aromatic N) is 3. The average Bonchev–Trinajstić information content (AvgIpc) is 3.54. The van der Waals surface area contributed by atoms with Crippen molar-refractivity contribution in [2.24, 2.45) is 0 Å². The first-order valence-electron chi connectivity index (χ1n) is 11.4. The number of benzene rings is 1. The highest BCUT2D eigenvalue weighted by Crippen LogP contribution is 2.29. The Bertz CT molecular complexity index is 1290. The van der Waals surface area contributed by atoms with Crippen molar-refractivity contribution in [1.82, 2.24) is 20.0 Å². The van der Waals surface area contributed by atoms with Gasteiger partial charge in [0.2, 0.25) is 0 Å². The zero-order chi connectivity index (χ0) is 23.7. The fourth-order valence-electron chi connectivity index (χ4n) is 4.30. The minimum Gasteiger partial charge on any atom is -0.465 e. The van der Waals surface area contributed by atoms with Gasteiger partial charge >= 0.3 is 0 Å². The predicted molar refractivity (Wildman–Crippen MR) is 129 cm³/mol. The van der Waals surface area contributed by atoms with Gasteiger partial charge in [0.25, 0.3) is 5.91 Å². The Morgan fingerprint density at radius 1 is 1.18 bits per heavy atom. The Balaban J connectivity index is 1.33. The van der Waals surface area contributed by atoms with Gasteiger partial charge in [0.05, 0.1) is 36.4 Å². The molecule has 1 N–H and O–H groups in total. The largest absolute Gasteiger partial charge is 0.465 e. The van der Waals surface area contributed by atoms with Crippen molar-refractivity contribution in [3.8, 4) is 0 Å². The molecule has 9 heteroatoms. The highest BCUT2D eigenvalue weighted by Gasteiger charge is 2.26. The van der Waals surface area contributed by atoms with E-state index in [9.17, 15) is 9.18 Å². The van der Waals surface area contributed by atoms with Gasteiger partial charge in [0.15, 0.2) is 0 Å². The van der Waals surface area contributed by atoms with Gasteiger partial charge in [-0.1, -0.05) is 12.1 Å². The number of thiophene rings is 1. The van der Waals surface area contributed by atoms with E-state index in [2.05, 4.69) is 15.3 Å². The molecular formula is C25H27FN4O3S. The van der Waals surface area contributed by atoms with Crippen molar-refractivity contribution < 1.29 is 18.3 Å². The number of fused-ring (bicyclic) bond motifs is 1. The van der Waals surface area contributed by atoms with E-state index in [0.717, 1.165) is 46.1 Å². The lowest BCUT2D eigenvalue weighted by molar-refractivity contribution is 0.0117. The second-order valence-corrected chi connectivity index (χ2v) is 9.55. The molecule has 0 radical (unpaired) electrons. The number of aryl methyl sites for hydroxylation is 2. The molecule has 0 saturated carbocycles. The van der Waals surface area contributed by atoms with Crippen molar-refractivity contribution in [2.45, 2.75) is 26.4 Å². The Morgan fingerprint density at radius 3 is 2.65 bits per heavy atom. The van der Waals surface area contributed by atoms with E-state index >= 15 is 0 Å². The van der Waals surface area contributed by atoms with E-state index in [1.54, 1.807) is 12.1 Å². The van der Waals surface area contributed by atoms with Crippen LogP contribution in [0.15, 0.2) is 46.9 Å². The van der Waals surface area contributed by atoms with E-state index in [4.69, 9.17) is 9.15 Å². The molecule has 3 aromatic heterocycles. The lowest BCUT2D eigenvalue weighted by Gasteiger charge is -2.33. The minimum absolute atomic E-state index is 0.0494. The molecule has 5 rings (SSSR count). The molecule has 1 aromatic carbocycles. The number of furan rings is 1. The minimum atomic E-state index is -0.263. The fraction of sp³-hybridized carbons (Fsp3) is 0.360. The quantitative estimate of drug-likeness (QED) is 0.425. The lowest BCUT2D eigenvalue weighted by atomic mass is 10.1. The number of hydrogen-bond acceptors (Lipinski definition) is 6. The molecule has 4 aromatic rings. The maximum Gasteiger partial charge on any atom is 0.261 e. The Morgan fingerprint density at radius 2 is 1.94 bits per heavy atom. The number of amides is 1. The van der Waals surface area contributed by atoms with Crippen LogP contribution in [0.4, 0.5) is 4.39 Å². The maximum absolute atomic E-state index is 13.3. The van der Waals surface area contributed by atoms with Gasteiger partial charge in [-0.25, -0.2) is 4.39 Å². The summed E-state index contributed by atoms with van der Waals surface area (Å²) < 4.78 is 26.5. The van der Waals surface area contributed by atoms with E-state index in [-0.39, 0.29) is 17.8 Å². The summed E-state index contributed by atoms with van der Waals surface area (Å²) in [6.07, 6.45) is 0. The van der Waals surface area contributed by atoms with Crippen LogP contribution in [0.2, 0.25) is 0 Å². The van der Waals surface area contributed by atoms with Gasteiger partial charge in [-0.05, 0) is 49.7 Å². The first-order chi connectivity index (χ1) is 16.5. The summed E-state index contributed by atoms with van der Waals surface area (Å²) in [6, 6.07) is 12.2. The van der Waals surface area contributed by atoms with Crippen LogP contribution in [-0.4, -0.2) is 53.4 Å². The van der Waals surface area contributed by atoms with Gasteiger partial charge in [0, 0.05) is 25.0 Å². The molecule has 178 valence electrons. The highest BCUT2D eigenvalue weighted by molar-refractivity contribution is 7.20. The first kappa shape index (κ1) is 22.8. The molecular weight excluding hydrogens is 455 g/mol. The van der Waals surface area contributed by atoms with Gasteiger partial charge < -0.3 is 14.5 Å². The van der Waals surface area contributed by atoms with Crippen LogP contribution in [0.1, 0.15) is 38.5 Å². The summed E-state index contributed by atoms with van der Waals surface area (Å²) in [4.78, 5) is 17.0. The molecule has 0 unspecified atom stereocenters. The topological polar surface area (TPSA) is 72.5 Å².